The summed E-state index contributed by atoms with van der Waals surface area (Å²) < 4.78 is 2.71. The molecule has 1 aliphatic heterocycles. The van der Waals surface area contributed by atoms with Gasteiger partial charge in [-0.15, -0.1) is 10.2 Å². The number of nitrogens with one attached hydrogen (secondary N) is 2. The van der Waals surface area contributed by atoms with E-state index in [2.05, 4.69) is 61.1 Å². The van der Waals surface area contributed by atoms with Crippen LogP contribution in [0.1, 0.15) is 28.6 Å². The largest absolute Gasteiger partial charge is 0.324 e. The zero-order valence-corrected chi connectivity index (χ0v) is 18.1. The van der Waals surface area contributed by atoms with Crippen LogP contribution in [-0.2, 0) is 4.79 Å². The Morgan fingerprint density at radius 1 is 1.11 bits per heavy atom. The van der Waals surface area contributed by atoms with Crippen molar-refractivity contribution in [1.82, 2.24) is 14.9 Å². The molecule has 0 saturated heterocycles. The first-order chi connectivity index (χ1) is 13.4. The third-order valence-electron chi connectivity index (χ3n) is 4.68. The number of anilines is 1. The van der Waals surface area contributed by atoms with Crippen LogP contribution in [-0.4, -0.2) is 26.0 Å². The molecule has 1 amide bonds. The highest BCUT2D eigenvalue weighted by Crippen LogP contribution is 2.38. The molecule has 6 nitrogen and oxygen atoms in total. The molecule has 2 N–H and O–H groups in total. The molecule has 0 unspecified atom stereocenters. The lowest BCUT2D eigenvalue weighted by Crippen LogP contribution is -2.41. The summed E-state index contributed by atoms with van der Waals surface area (Å²) in [6.45, 7) is 5.95. The van der Waals surface area contributed by atoms with Gasteiger partial charge in [0.1, 0.15) is 11.1 Å². The Morgan fingerprint density at radius 2 is 1.82 bits per heavy atom. The summed E-state index contributed by atoms with van der Waals surface area (Å²) in [6.07, 6.45) is 0. The summed E-state index contributed by atoms with van der Waals surface area (Å²) in [7, 11) is 0. The monoisotopic (exact) mass is 457 g/mol. The van der Waals surface area contributed by atoms with Crippen molar-refractivity contribution >= 4 is 39.3 Å². The number of nitrogens with zero attached hydrogens (tertiary/aromatic N) is 3. The van der Waals surface area contributed by atoms with Gasteiger partial charge >= 0.3 is 0 Å². The number of aromatic nitrogens is 3. The van der Waals surface area contributed by atoms with Gasteiger partial charge in [0, 0.05) is 4.47 Å². The van der Waals surface area contributed by atoms with Crippen molar-refractivity contribution < 1.29 is 4.79 Å². The summed E-state index contributed by atoms with van der Waals surface area (Å²) >= 11 is 4.95. The van der Waals surface area contributed by atoms with Gasteiger partial charge in [-0.25, -0.2) is 4.68 Å². The average Bonchev–Trinajstić information content (AvgIpc) is 3.04. The first kappa shape index (κ1) is 19.0. The highest BCUT2D eigenvalue weighted by molar-refractivity contribution is 9.10. The van der Waals surface area contributed by atoms with Crippen LogP contribution in [0.3, 0.4) is 0 Å². The Bertz CT molecular complexity index is 1030. The number of fused-ring (bicyclic) bond motifs is 1. The number of halogens is 1. The molecule has 8 heteroatoms. The topological polar surface area (TPSA) is 71.8 Å². The summed E-state index contributed by atoms with van der Waals surface area (Å²) in [4.78, 5) is 13.2. The second kappa shape index (κ2) is 7.60. The smallest absolute Gasteiger partial charge is 0.240 e. The second-order valence-corrected chi connectivity index (χ2v) is 8.86. The molecular weight excluding hydrogens is 438 g/mol. The first-order valence-electron chi connectivity index (χ1n) is 8.91. The van der Waals surface area contributed by atoms with Crippen molar-refractivity contribution in [2.75, 3.05) is 10.7 Å². The van der Waals surface area contributed by atoms with E-state index in [-0.39, 0.29) is 11.9 Å². The third-order valence-corrected chi connectivity index (χ3v) is 6.55. The molecule has 0 fully saturated rings. The SMILES string of the molecule is Cc1ccc([C@@H]2Nn3c(C)nnc3S[C@@H]2C(=O)Nc2ccc(C)cc2Br)cc1. The van der Waals surface area contributed by atoms with Gasteiger partial charge in [-0.2, -0.15) is 0 Å². The van der Waals surface area contributed by atoms with Crippen LogP contribution in [0, 0.1) is 20.8 Å². The summed E-state index contributed by atoms with van der Waals surface area (Å²) in [5.41, 5.74) is 7.52. The molecule has 1 aromatic heterocycles. The average molecular weight is 458 g/mol. The van der Waals surface area contributed by atoms with E-state index >= 15 is 0 Å². The minimum atomic E-state index is -0.396. The zero-order valence-electron chi connectivity index (χ0n) is 15.7. The van der Waals surface area contributed by atoms with E-state index in [1.165, 1.54) is 17.3 Å². The summed E-state index contributed by atoms with van der Waals surface area (Å²) in [5, 5.41) is 11.7. The van der Waals surface area contributed by atoms with Crippen molar-refractivity contribution in [3.63, 3.8) is 0 Å². The zero-order chi connectivity index (χ0) is 19.8. The van der Waals surface area contributed by atoms with E-state index in [4.69, 9.17) is 0 Å². The number of aryl methyl sites for hydroxylation is 3. The number of carbonyl (C=O) groups excluding carboxylic acids is 1. The fraction of sp³-hybridized carbons (Fsp3) is 0.250. The van der Waals surface area contributed by atoms with Gasteiger partial charge in [0.15, 0.2) is 0 Å². The molecule has 0 radical (unpaired) electrons. The molecule has 144 valence electrons. The Hall–Kier alpha value is -2.32. The number of thioether (sulfide) groups is 1. The molecule has 0 bridgehead atoms. The van der Waals surface area contributed by atoms with Crippen molar-refractivity contribution in [2.24, 2.45) is 0 Å². The predicted octanol–water partition coefficient (Wildman–Crippen LogP) is 4.36. The molecule has 3 aromatic rings. The van der Waals surface area contributed by atoms with Crippen LogP contribution in [0.15, 0.2) is 52.1 Å². The Labute approximate surface area is 176 Å². The van der Waals surface area contributed by atoms with Crippen molar-refractivity contribution in [2.45, 2.75) is 37.2 Å². The van der Waals surface area contributed by atoms with E-state index in [9.17, 15) is 4.79 Å². The predicted molar refractivity (Wildman–Crippen MR) is 115 cm³/mol. The highest BCUT2D eigenvalue weighted by Gasteiger charge is 2.37. The lowest BCUT2D eigenvalue weighted by atomic mass is 10.0. The normalized spacial score (nSPS) is 18.3. The molecule has 0 spiro atoms. The fourth-order valence-corrected chi connectivity index (χ4v) is 4.83. The Kier molecular flexibility index (Phi) is 5.16. The third kappa shape index (κ3) is 3.66. The fourth-order valence-electron chi connectivity index (χ4n) is 3.11. The van der Waals surface area contributed by atoms with Crippen LogP contribution in [0.25, 0.3) is 0 Å². The molecule has 0 saturated carbocycles. The van der Waals surface area contributed by atoms with Gasteiger partial charge in [-0.1, -0.05) is 47.7 Å². The number of rotatable bonds is 3. The van der Waals surface area contributed by atoms with Crippen LogP contribution in [0.4, 0.5) is 5.69 Å². The van der Waals surface area contributed by atoms with Gasteiger partial charge in [-0.3, -0.25) is 4.79 Å². The lowest BCUT2D eigenvalue weighted by Gasteiger charge is -2.32. The number of carbonyl (C=O) groups is 1. The molecule has 4 rings (SSSR count). The van der Waals surface area contributed by atoms with E-state index in [1.807, 2.05) is 43.6 Å². The van der Waals surface area contributed by atoms with E-state index in [1.54, 1.807) is 0 Å². The maximum atomic E-state index is 13.2. The summed E-state index contributed by atoms with van der Waals surface area (Å²) in [5.74, 6) is 0.680. The molecule has 2 heterocycles. The van der Waals surface area contributed by atoms with Crippen molar-refractivity contribution in [1.29, 1.82) is 0 Å². The van der Waals surface area contributed by atoms with Gasteiger partial charge < -0.3 is 10.7 Å². The first-order valence-corrected chi connectivity index (χ1v) is 10.6. The van der Waals surface area contributed by atoms with Crippen LogP contribution in [0.5, 0.6) is 0 Å². The van der Waals surface area contributed by atoms with Crippen LogP contribution < -0.4 is 10.7 Å². The van der Waals surface area contributed by atoms with Gasteiger partial charge in [0.2, 0.25) is 11.1 Å². The molecule has 28 heavy (non-hydrogen) atoms. The Morgan fingerprint density at radius 3 is 2.54 bits per heavy atom. The quantitative estimate of drug-likeness (QED) is 0.610. The molecule has 1 aliphatic rings. The van der Waals surface area contributed by atoms with E-state index < -0.39 is 5.25 Å². The minimum absolute atomic E-state index is 0.0838. The number of amides is 1. The molecular formula is C20H20BrN5OS. The minimum Gasteiger partial charge on any atom is -0.324 e. The lowest BCUT2D eigenvalue weighted by molar-refractivity contribution is -0.116. The second-order valence-electron chi connectivity index (χ2n) is 6.89. The number of hydrogen-bond donors (Lipinski definition) is 2. The van der Waals surface area contributed by atoms with Crippen molar-refractivity contribution in [3.05, 3.63) is 69.5 Å². The van der Waals surface area contributed by atoms with E-state index in [0.717, 1.165) is 27.1 Å². The highest BCUT2D eigenvalue weighted by atomic mass is 79.9. The number of hydrogen-bond acceptors (Lipinski definition) is 5. The standard InChI is InChI=1S/C20H20BrN5OS/c1-11-4-7-14(8-5-11)17-18(28-20-24-23-13(3)26(20)25-17)19(27)22-16-9-6-12(2)10-15(16)21/h4-10,17-18,25H,1-3H3,(H,22,27)/t17-,18-/m0/s1. The molecule has 0 aliphatic carbocycles. The van der Waals surface area contributed by atoms with Crippen LogP contribution in [0.2, 0.25) is 0 Å². The summed E-state index contributed by atoms with van der Waals surface area (Å²) in [6, 6.07) is 13.9. The molecule has 2 atom stereocenters. The van der Waals surface area contributed by atoms with E-state index in [0.29, 0.717) is 5.16 Å². The van der Waals surface area contributed by atoms with Gasteiger partial charge in [-0.05, 0) is 60.0 Å². The van der Waals surface area contributed by atoms with Gasteiger partial charge in [0.05, 0.1) is 11.7 Å². The number of benzene rings is 2. The maximum Gasteiger partial charge on any atom is 0.240 e. The van der Waals surface area contributed by atoms with Crippen LogP contribution >= 0.6 is 27.7 Å². The van der Waals surface area contributed by atoms with Gasteiger partial charge in [0.25, 0.3) is 0 Å². The van der Waals surface area contributed by atoms with Crippen molar-refractivity contribution in [3.8, 4) is 0 Å². The Balaban J connectivity index is 1.67. The molecule has 2 aromatic carbocycles. The maximum absolute atomic E-state index is 13.2.